The van der Waals surface area contributed by atoms with Gasteiger partial charge in [0, 0.05) is 29.2 Å². The second-order valence-electron chi connectivity index (χ2n) is 4.32. The molecule has 1 aliphatic rings. The molecule has 2 rings (SSSR count). The molecule has 1 fully saturated rings. The highest BCUT2D eigenvalue weighted by molar-refractivity contribution is 8.00. The van der Waals surface area contributed by atoms with Gasteiger partial charge in [0.05, 0.1) is 0 Å². The third kappa shape index (κ3) is 2.40. The Balaban J connectivity index is 2.15. The summed E-state index contributed by atoms with van der Waals surface area (Å²) in [5.74, 6) is 1.21. The number of carbonyl (C=O) groups excluding carboxylic acids is 1. The molecule has 16 heavy (non-hydrogen) atoms. The van der Waals surface area contributed by atoms with Gasteiger partial charge in [-0.3, -0.25) is 4.79 Å². The summed E-state index contributed by atoms with van der Waals surface area (Å²) in [7, 11) is 0. The molecule has 0 radical (unpaired) electrons. The normalized spacial score (nSPS) is 25.5. The summed E-state index contributed by atoms with van der Waals surface area (Å²) in [5, 5.41) is 0.545. The largest absolute Gasteiger partial charge is 0.334 e. The molecule has 1 aromatic carbocycles. The lowest BCUT2D eigenvalue weighted by atomic mass is 10.1. The van der Waals surface area contributed by atoms with Gasteiger partial charge in [0.15, 0.2) is 0 Å². The monoisotopic (exact) mass is 235 g/mol. The first-order valence-electron chi connectivity index (χ1n) is 5.66. The van der Waals surface area contributed by atoms with Crippen LogP contribution in [0, 0.1) is 0 Å². The molecule has 0 N–H and O–H groups in total. The van der Waals surface area contributed by atoms with Crippen LogP contribution in [-0.2, 0) is 0 Å². The van der Waals surface area contributed by atoms with E-state index in [4.69, 9.17) is 0 Å². The average Bonchev–Trinajstić information content (AvgIpc) is 2.32. The Morgan fingerprint density at radius 2 is 2.00 bits per heavy atom. The van der Waals surface area contributed by atoms with E-state index in [1.54, 1.807) is 0 Å². The zero-order valence-electron chi connectivity index (χ0n) is 9.72. The second-order valence-corrected chi connectivity index (χ2v) is 5.79. The van der Waals surface area contributed by atoms with E-state index in [1.165, 1.54) is 0 Å². The standard InChI is InChI=1S/C13H17NOS/c1-10-9-16-11(2)8-14(10)13(15)12-6-4-3-5-7-12/h3-7,10-11H,8-9H2,1-2H3. The van der Waals surface area contributed by atoms with Crippen molar-refractivity contribution in [3.63, 3.8) is 0 Å². The fourth-order valence-corrected chi connectivity index (χ4v) is 2.99. The SMILES string of the molecule is CC1CN(C(=O)c2ccccc2)C(C)CS1. The molecule has 0 saturated carbocycles. The van der Waals surface area contributed by atoms with Crippen molar-refractivity contribution in [3.05, 3.63) is 35.9 Å². The molecule has 0 aromatic heterocycles. The van der Waals surface area contributed by atoms with Gasteiger partial charge in [-0.1, -0.05) is 25.1 Å². The molecule has 86 valence electrons. The molecule has 1 aliphatic heterocycles. The molecular weight excluding hydrogens is 218 g/mol. The molecule has 2 atom stereocenters. The smallest absolute Gasteiger partial charge is 0.254 e. The topological polar surface area (TPSA) is 20.3 Å². The highest BCUT2D eigenvalue weighted by Gasteiger charge is 2.27. The van der Waals surface area contributed by atoms with Crippen molar-refractivity contribution in [2.75, 3.05) is 12.3 Å². The Bertz CT molecular complexity index is 365. The molecule has 2 unspecified atom stereocenters. The lowest BCUT2D eigenvalue weighted by Crippen LogP contribution is -2.46. The van der Waals surface area contributed by atoms with Crippen LogP contribution in [0.4, 0.5) is 0 Å². The van der Waals surface area contributed by atoms with Crippen molar-refractivity contribution >= 4 is 17.7 Å². The average molecular weight is 235 g/mol. The summed E-state index contributed by atoms with van der Waals surface area (Å²) in [5.41, 5.74) is 0.799. The molecule has 1 amide bonds. The van der Waals surface area contributed by atoms with Crippen molar-refractivity contribution in [1.29, 1.82) is 0 Å². The zero-order chi connectivity index (χ0) is 11.5. The number of nitrogens with zero attached hydrogens (tertiary/aromatic N) is 1. The fraction of sp³-hybridized carbons (Fsp3) is 0.462. The van der Waals surface area contributed by atoms with Crippen LogP contribution in [0.15, 0.2) is 30.3 Å². The fourth-order valence-electron chi connectivity index (χ4n) is 1.93. The number of amides is 1. The molecule has 0 aliphatic carbocycles. The van der Waals surface area contributed by atoms with Crippen LogP contribution in [0.25, 0.3) is 0 Å². The van der Waals surface area contributed by atoms with Gasteiger partial charge in [0.1, 0.15) is 0 Å². The molecule has 2 nitrogen and oxygen atoms in total. The van der Waals surface area contributed by atoms with Crippen LogP contribution in [0.3, 0.4) is 0 Å². The summed E-state index contributed by atoms with van der Waals surface area (Å²) in [6.45, 7) is 5.17. The lowest BCUT2D eigenvalue weighted by molar-refractivity contribution is 0.0704. The maximum Gasteiger partial charge on any atom is 0.254 e. The molecule has 0 bridgehead atoms. The van der Waals surface area contributed by atoms with Crippen LogP contribution in [0.1, 0.15) is 24.2 Å². The quantitative estimate of drug-likeness (QED) is 0.746. The van der Waals surface area contributed by atoms with Crippen LogP contribution in [0.5, 0.6) is 0 Å². The Morgan fingerprint density at radius 1 is 1.31 bits per heavy atom. The number of rotatable bonds is 1. The Labute approximate surface area is 101 Å². The van der Waals surface area contributed by atoms with Crippen molar-refractivity contribution in [1.82, 2.24) is 4.90 Å². The van der Waals surface area contributed by atoms with Gasteiger partial charge in [0.25, 0.3) is 5.91 Å². The van der Waals surface area contributed by atoms with Crippen molar-refractivity contribution in [2.24, 2.45) is 0 Å². The second kappa shape index (κ2) is 4.91. The summed E-state index contributed by atoms with van der Waals surface area (Å²) < 4.78 is 0. The Hall–Kier alpha value is -0.960. The van der Waals surface area contributed by atoms with Gasteiger partial charge in [-0.05, 0) is 19.1 Å². The van der Waals surface area contributed by atoms with E-state index in [0.29, 0.717) is 11.3 Å². The van der Waals surface area contributed by atoms with Crippen molar-refractivity contribution in [2.45, 2.75) is 25.1 Å². The molecular formula is C13H17NOS. The van der Waals surface area contributed by atoms with Gasteiger partial charge in [0.2, 0.25) is 0 Å². The Morgan fingerprint density at radius 3 is 2.69 bits per heavy atom. The van der Waals surface area contributed by atoms with Gasteiger partial charge >= 0.3 is 0 Å². The van der Waals surface area contributed by atoms with E-state index in [0.717, 1.165) is 17.9 Å². The van der Waals surface area contributed by atoms with Crippen LogP contribution in [-0.4, -0.2) is 34.4 Å². The first kappa shape index (κ1) is 11.5. The summed E-state index contributed by atoms with van der Waals surface area (Å²) in [6.07, 6.45) is 0. The van der Waals surface area contributed by atoms with Gasteiger partial charge < -0.3 is 4.90 Å². The highest BCUT2D eigenvalue weighted by Crippen LogP contribution is 2.24. The van der Waals surface area contributed by atoms with E-state index in [9.17, 15) is 4.79 Å². The molecule has 1 aromatic rings. The lowest BCUT2D eigenvalue weighted by Gasteiger charge is -2.36. The Kier molecular flexibility index (Phi) is 3.54. The van der Waals surface area contributed by atoms with Crippen LogP contribution >= 0.6 is 11.8 Å². The van der Waals surface area contributed by atoms with E-state index >= 15 is 0 Å². The summed E-state index contributed by atoms with van der Waals surface area (Å²) >= 11 is 1.95. The van der Waals surface area contributed by atoms with E-state index < -0.39 is 0 Å². The van der Waals surface area contributed by atoms with Gasteiger partial charge in [-0.15, -0.1) is 0 Å². The van der Waals surface area contributed by atoms with Gasteiger partial charge in [-0.25, -0.2) is 0 Å². The highest BCUT2D eigenvalue weighted by atomic mass is 32.2. The minimum atomic E-state index is 0.167. The predicted octanol–water partition coefficient (Wildman–Crippen LogP) is 2.65. The third-order valence-corrected chi connectivity index (χ3v) is 4.28. The van der Waals surface area contributed by atoms with Crippen LogP contribution in [0.2, 0.25) is 0 Å². The minimum absolute atomic E-state index is 0.167. The van der Waals surface area contributed by atoms with Crippen molar-refractivity contribution < 1.29 is 4.79 Å². The first-order chi connectivity index (χ1) is 7.68. The first-order valence-corrected chi connectivity index (χ1v) is 6.71. The summed E-state index contributed by atoms with van der Waals surface area (Å²) in [6, 6.07) is 9.90. The molecule has 1 heterocycles. The number of hydrogen-bond acceptors (Lipinski definition) is 2. The number of carbonyl (C=O) groups is 1. The third-order valence-electron chi connectivity index (χ3n) is 2.89. The van der Waals surface area contributed by atoms with Crippen molar-refractivity contribution in [3.8, 4) is 0 Å². The number of hydrogen-bond donors (Lipinski definition) is 0. The number of benzene rings is 1. The predicted molar refractivity (Wildman–Crippen MR) is 68.9 cm³/mol. The number of thioether (sulfide) groups is 1. The van der Waals surface area contributed by atoms with E-state index in [-0.39, 0.29) is 5.91 Å². The maximum absolute atomic E-state index is 12.3. The van der Waals surface area contributed by atoms with E-state index in [2.05, 4.69) is 13.8 Å². The van der Waals surface area contributed by atoms with Crippen LogP contribution < -0.4 is 0 Å². The molecule has 3 heteroatoms. The molecule has 0 spiro atoms. The maximum atomic E-state index is 12.3. The van der Waals surface area contributed by atoms with Gasteiger partial charge in [-0.2, -0.15) is 11.8 Å². The zero-order valence-corrected chi connectivity index (χ0v) is 10.5. The summed E-state index contributed by atoms with van der Waals surface area (Å²) in [4.78, 5) is 14.3. The molecule has 1 saturated heterocycles. The van der Waals surface area contributed by atoms with E-state index in [1.807, 2.05) is 47.0 Å². The minimum Gasteiger partial charge on any atom is -0.334 e.